The number of nitrogens with one attached hydrogen (secondary N) is 1. The number of nitrogens with two attached hydrogens (primary N) is 1. The van der Waals surface area contributed by atoms with Crippen molar-refractivity contribution >= 4 is 32.9 Å². The van der Waals surface area contributed by atoms with Gasteiger partial charge in [0.25, 0.3) is 10.0 Å². The van der Waals surface area contributed by atoms with Crippen LogP contribution in [0.5, 0.6) is 0 Å². The molecule has 0 heterocycles. The molecule has 0 aromatic heterocycles. The summed E-state index contributed by atoms with van der Waals surface area (Å²) in [7, 11) is -3.61. The van der Waals surface area contributed by atoms with E-state index in [4.69, 9.17) is 18.0 Å². The van der Waals surface area contributed by atoms with Crippen molar-refractivity contribution in [2.75, 3.05) is 4.72 Å². The monoisotopic (exact) mass is 320 g/mol. The SMILES string of the molecule is Cc1ccc(C)c(S(=O)(=O)Nc2ccc(C(N)=S)cc2)c1. The van der Waals surface area contributed by atoms with Gasteiger partial charge in [0.1, 0.15) is 4.99 Å². The van der Waals surface area contributed by atoms with E-state index in [9.17, 15) is 8.42 Å². The molecule has 6 heteroatoms. The third-order valence-electron chi connectivity index (χ3n) is 3.05. The lowest BCUT2D eigenvalue weighted by Gasteiger charge is -2.11. The molecule has 0 saturated carbocycles. The zero-order valence-corrected chi connectivity index (χ0v) is 13.4. The smallest absolute Gasteiger partial charge is 0.262 e. The Labute approximate surface area is 130 Å². The van der Waals surface area contributed by atoms with Crippen LogP contribution in [-0.4, -0.2) is 13.4 Å². The van der Waals surface area contributed by atoms with Crippen LogP contribution in [0.4, 0.5) is 5.69 Å². The Morgan fingerprint density at radius 2 is 1.71 bits per heavy atom. The fraction of sp³-hybridized carbons (Fsp3) is 0.133. The number of anilines is 1. The standard InChI is InChI=1S/C15H16N2O2S2/c1-10-3-4-11(2)14(9-10)21(18,19)17-13-7-5-12(6-8-13)15(16)20/h3-9,17H,1-2H3,(H2,16,20). The molecule has 0 aliphatic heterocycles. The minimum absolute atomic E-state index is 0.277. The Morgan fingerprint density at radius 1 is 1.10 bits per heavy atom. The van der Waals surface area contributed by atoms with Gasteiger partial charge in [0.05, 0.1) is 4.90 Å². The first kappa shape index (κ1) is 15.5. The molecule has 0 spiro atoms. The summed E-state index contributed by atoms with van der Waals surface area (Å²) in [6.45, 7) is 3.62. The first-order valence-electron chi connectivity index (χ1n) is 6.29. The molecule has 110 valence electrons. The van der Waals surface area contributed by atoms with Crippen molar-refractivity contribution in [1.82, 2.24) is 0 Å². The van der Waals surface area contributed by atoms with Crippen molar-refractivity contribution in [3.05, 3.63) is 59.2 Å². The van der Waals surface area contributed by atoms with Crippen molar-refractivity contribution < 1.29 is 8.42 Å². The topological polar surface area (TPSA) is 72.2 Å². The molecule has 0 amide bonds. The summed E-state index contributed by atoms with van der Waals surface area (Å²) in [5.74, 6) is 0. The number of rotatable bonds is 4. The van der Waals surface area contributed by atoms with Crippen molar-refractivity contribution in [1.29, 1.82) is 0 Å². The van der Waals surface area contributed by atoms with Crippen LogP contribution in [-0.2, 0) is 10.0 Å². The highest BCUT2D eigenvalue weighted by molar-refractivity contribution is 7.92. The van der Waals surface area contributed by atoms with Gasteiger partial charge in [-0.25, -0.2) is 8.42 Å². The van der Waals surface area contributed by atoms with Crippen molar-refractivity contribution in [2.45, 2.75) is 18.7 Å². The summed E-state index contributed by atoms with van der Waals surface area (Å²) in [5, 5.41) is 0. The van der Waals surface area contributed by atoms with E-state index in [-0.39, 0.29) is 9.88 Å². The van der Waals surface area contributed by atoms with Crippen molar-refractivity contribution in [3.8, 4) is 0 Å². The molecule has 21 heavy (non-hydrogen) atoms. The minimum Gasteiger partial charge on any atom is -0.389 e. The van der Waals surface area contributed by atoms with Gasteiger partial charge in [-0.15, -0.1) is 0 Å². The lowest BCUT2D eigenvalue weighted by atomic mass is 10.2. The predicted octanol–water partition coefficient (Wildman–Crippen LogP) is 2.74. The summed E-state index contributed by atoms with van der Waals surface area (Å²) in [5.41, 5.74) is 8.27. The summed E-state index contributed by atoms with van der Waals surface area (Å²) >= 11 is 4.86. The highest BCUT2D eigenvalue weighted by atomic mass is 32.2. The number of sulfonamides is 1. The Hall–Kier alpha value is -1.92. The van der Waals surface area contributed by atoms with Crippen LogP contribution in [0.2, 0.25) is 0 Å². The van der Waals surface area contributed by atoms with E-state index in [1.54, 1.807) is 43.3 Å². The number of aryl methyl sites for hydroxylation is 2. The summed E-state index contributed by atoms with van der Waals surface area (Å²) in [4.78, 5) is 0.555. The number of hydrogen-bond donors (Lipinski definition) is 2. The van der Waals surface area contributed by atoms with Crippen LogP contribution in [0.25, 0.3) is 0 Å². The zero-order chi connectivity index (χ0) is 15.6. The molecule has 0 radical (unpaired) electrons. The average molecular weight is 320 g/mol. The van der Waals surface area contributed by atoms with Gasteiger partial charge in [0.15, 0.2) is 0 Å². The van der Waals surface area contributed by atoms with E-state index < -0.39 is 10.0 Å². The second-order valence-electron chi connectivity index (χ2n) is 4.82. The highest BCUT2D eigenvalue weighted by Crippen LogP contribution is 2.20. The first-order valence-corrected chi connectivity index (χ1v) is 8.19. The predicted molar refractivity (Wildman–Crippen MR) is 89.1 cm³/mol. The molecule has 0 atom stereocenters. The molecule has 0 unspecified atom stereocenters. The van der Waals surface area contributed by atoms with Crippen LogP contribution < -0.4 is 10.5 Å². The fourth-order valence-corrected chi connectivity index (χ4v) is 3.43. The molecule has 4 nitrogen and oxygen atoms in total. The van der Waals surface area contributed by atoms with Crippen molar-refractivity contribution in [2.24, 2.45) is 5.73 Å². The highest BCUT2D eigenvalue weighted by Gasteiger charge is 2.17. The van der Waals surface area contributed by atoms with Gasteiger partial charge in [-0.3, -0.25) is 4.72 Å². The summed E-state index contributed by atoms with van der Waals surface area (Å²) < 4.78 is 27.4. The molecule has 0 aliphatic carbocycles. The van der Waals surface area contributed by atoms with Crippen LogP contribution >= 0.6 is 12.2 Å². The van der Waals surface area contributed by atoms with Crippen LogP contribution in [0.1, 0.15) is 16.7 Å². The maximum absolute atomic E-state index is 12.4. The molecule has 0 aliphatic rings. The van der Waals surface area contributed by atoms with E-state index in [2.05, 4.69) is 4.72 Å². The van der Waals surface area contributed by atoms with Crippen molar-refractivity contribution in [3.63, 3.8) is 0 Å². The van der Waals surface area contributed by atoms with E-state index in [0.717, 1.165) is 5.56 Å². The Kier molecular flexibility index (Phi) is 4.29. The van der Waals surface area contributed by atoms with Crippen LogP contribution in [0, 0.1) is 13.8 Å². The summed E-state index contributed by atoms with van der Waals surface area (Å²) in [6, 6.07) is 12.0. The molecule has 3 N–H and O–H groups in total. The quantitative estimate of drug-likeness (QED) is 0.850. The molecule has 0 saturated heterocycles. The molecule has 0 bridgehead atoms. The lowest BCUT2D eigenvalue weighted by Crippen LogP contribution is -2.15. The third kappa shape index (κ3) is 3.59. The largest absolute Gasteiger partial charge is 0.389 e. The lowest BCUT2D eigenvalue weighted by molar-refractivity contribution is 0.600. The molecular formula is C15H16N2O2S2. The average Bonchev–Trinajstić information content (AvgIpc) is 2.41. The maximum atomic E-state index is 12.4. The number of benzene rings is 2. The molecule has 2 rings (SSSR count). The fourth-order valence-electron chi connectivity index (χ4n) is 1.91. The van der Waals surface area contributed by atoms with Gasteiger partial charge in [-0.05, 0) is 55.3 Å². The molecular weight excluding hydrogens is 304 g/mol. The van der Waals surface area contributed by atoms with Gasteiger partial charge >= 0.3 is 0 Å². The summed E-state index contributed by atoms with van der Waals surface area (Å²) in [6.07, 6.45) is 0. The van der Waals surface area contributed by atoms with Gasteiger partial charge in [0, 0.05) is 11.3 Å². The Balaban J connectivity index is 2.33. The van der Waals surface area contributed by atoms with E-state index in [1.165, 1.54) is 0 Å². The van der Waals surface area contributed by atoms with E-state index in [1.807, 2.05) is 13.0 Å². The van der Waals surface area contributed by atoms with Gasteiger partial charge < -0.3 is 5.73 Å². The van der Waals surface area contributed by atoms with E-state index >= 15 is 0 Å². The Morgan fingerprint density at radius 3 is 2.29 bits per heavy atom. The van der Waals surface area contributed by atoms with Gasteiger partial charge in [-0.2, -0.15) is 0 Å². The van der Waals surface area contributed by atoms with Crippen LogP contribution in [0.15, 0.2) is 47.4 Å². The normalized spacial score (nSPS) is 11.1. The minimum atomic E-state index is -3.61. The van der Waals surface area contributed by atoms with E-state index in [0.29, 0.717) is 16.8 Å². The number of hydrogen-bond acceptors (Lipinski definition) is 3. The molecule has 2 aromatic carbocycles. The van der Waals surface area contributed by atoms with Crippen LogP contribution in [0.3, 0.4) is 0 Å². The second kappa shape index (κ2) is 5.83. The van der Waals surface area contributed by atoms with Gasteiger partial charge in [0.2, 0.25) is 0 Å². The molecule has 0 fully saturated rings. The molecule has 2 aromatic rings. The number of thiocarbonyl (C=S) groups is 1. The zero-order valence-electron chi connectivity index (χ0n) is 11.8. The first-order chi connectivity index (χ1) is 9.79. The van der Waals surface area contributed by atoms with Gasteiger partial charge in [-0.1, -0.05) is 24.4 Å². The Bertz CT molecular complexity index is 782. The third-order valence-corrected chi connectivity index (χ3v) is 4.81. The second-order valence-corrected chi connectivity index (χ2v) is 6.91. The maximum Gasteiger partial charge on any atom is 0.262 e.